The zero-order chi connectivity index (χ0) is 16.9. The van der Waals surface area contributed by atoms with Crippen LogP contribution in [0, 0.1) is 0 Å². The van der Waals surface area contributed by atoms with Crippen molar-refractivity contribution in [2.45, 2.75) is 18.9 Å². The number of piperidine rings is 1. The number of likely N-dealkylation sites (tertiary alicyclic amines) is 1. The molecule has 7 heteroatoms. The fourth-order valence-electron chi connectivity index (χ4n) is 2.69. The van der Waals surface area contributed by atoms with E-state index in [1.807, 2.05) is 24.3 Å². The number of carbonyl (C=O) groups is 1. The van der Waals surface area contributed by atoms with Gasteiger partial charge in [-0.2, -0.15) is 0 Å². The van der Waals surface area contributed by atoms with Crippen LogP contribution in [0.25, 0.3) is 0 Å². The largest absolute Gasteiger partial charge is 0.497 e. The second kappa shape index (κ2) is 7.16. The number of nitrogens with zero attached hydrogens (tertiary/aromatic N) is 2. The molecule has 1 aromatic heterocycles. The molecule has 1 N–H and O–H groups in total. The van der Waals surface area contributed by atoms with Crippen LogP contribution < -0.4 is 15.0 Å². The van der Waals surface area contributed by atoms with Crippen LogP contribution in [-0.4, -0.2) is 47.1 Å². The first kappa shape index (κ1) is 16.0. The molecule has 0 atom stereocenters. The Labute approximate surface area is 139 Å². The molecule has 1 aliphatic rings. The minimum atomic E-state index is -0.411. The van der Waals surface area contributed by atoms with Gasteiger partial charge in [0.2, 0.25) is 0 Å². The number of nitrogens with one attached hydrogen (secondary N) is 1. The highest BCUT2D eigenvalue weighted by atomic mass is 16.5. The quantitative estimate of drug-likeness (QED) is 0.918. The Morgan fingerprint density at radius 1 is 1.21 bits per heavy atom. The molecular formula is C17H19N3O4. The summed E-state index contributed by atoms with van der Waals surface area (Å²) in [5.74, 6) is 1.28. The van der Waals surface area contributed by atoms with Gasteiger partial charge in [0.15, 0.2) is 0 Å². The van der Waals surface area contributed by atoms with Crippen molar-refractivity contribution >= 4 is 5.91 Å². The first-order valence-electron chi connectivity index (χ1n) is 7.80. The molecule has 2 heterocycles. The molecule has 1 fully saturated rings. The summed E-state index contributed by atoms with van der Waals surface area (Å²) in [5, 5.41) is 0. The maximum Gasteiger partial charge on any atom is 0.263 e. The van der Waals surface area contributed by atoms with Gasteiger partial charge < -0.3 is 19.4 Å². The van der Waals surface area contributed by atoms with Gasteiger partial charge in [0, 0.05) is 32.1 Å². The first-order valence-corrected chi connectivity index (χ1v) is 7.80. The van der Waals surface area contributed by atoms with Gasteiger partial charge in [-0.05, 0) is 24.3 Å². The fourth-order valence-corrected chi connectivity index (χ4v) is 2.69. The summed E-state index contributed by atoms with van der Waals surface area (Å²) in [6, 6.07) is 7.43. The van der Waals surface area contributed by atoms with Crippen LogP contribution in [0.15, 0.2) is 41.6 Å². The molecule has 2 aromatic rings. The van der Waals surface area contributed by atoms with Crippen molar-refractivity contribution < 1.29 is 14.3 Å². The number of benzene rings is 1. The van der Waals surface area contributed by atoms with Crippen LogP contribution in [0.2, 0.25) is 0 Å². The molecule has 0 unspecified atom stereocenters. The van der Waals surface area contributed by atoms with Gasteiger partial charge in [0.05, 0.1) is 13.4 Å². The third-order valence-electron chi connectivity index (χ3n) is 4.04. The third kappa shape index (κ3) is 3.56. The van der Waals surface area contributed by atoms with Crippen LogP contribution in [-0.2, 0) is 0 Å². The van der Waals surface area contributed by atoms with Gasteiger partial charge in [-0.3, -0.25) is 9.59 Å². The zero-order valence-corrected chi connectivity index (χ0v) is 13.4. The van der Waals surface area contributed by atoms with Crippen molar-refractivity contribution in [2.75, 3.05) is 20.2 Å². The minimum Gasteiger partial charge on any atom is -0.497 e. The summed E-state index contributed by atoms with van der Waals surface area (Å²) in [4.78, 5) is 31.9. The molecule has 0 saturated carbocycles. The summed E-state index contributed by atoms with van der Waals surface area (Å²) >= 11 is 0. The molecule has 0 radical (unpaired) electrons. The van der Waals surface area contributed by atoms with Crippen LogP contribution in [0.1, 0.15) is 23.2 Å². The number of carbonyl (C=O) groups excluding carboxylic acids is 1. The lowest BCUT2D eigenvalue weighted by Crippen LogP contribution is -2.43. The van der Waals surface area contributed by atoms with E-state index in [1.54, 1.807) is 12.0 Å². The van der Waals surface area contributed by atoms with Crippen LogP contribution in [0.4, 0.5) is 0 Å². The van der Waals surface area contributed by atoms with E-state index in [2.05, 4.69) is 9.97 Å². The number of H-pyrrole nitrogens is 1. The van der Waals surface area contributed by atoms with Crippen LogP contribution in [0.5, 0.6) is 11.5 Å². The van der Waals surface area contributed by atoms with E-state index < -0.39 is 5.56 Å². The highest BCUT2D eigenvalue weighted by Crippen LogP contribution is 2.22. The van der Waals surface area contributed by atoms with E-state index in [1.165, 1.54) is 12.5 Å². The number of ether oxygens (including phenoxy) is 2. The van der Waals surface area contributed by atoms with E-state index in [4.69, 9.17) is 9.47 Å². The number of aromatic nitrogens is 2. The Kier molecular flexibility index (Phi) is 4.79. The van der Waals surface area contributed by atoms with Crippen LogP contribution >= 0.6 is 0 Å². The van der Waals surface area contributed by atoms with Crippen molar-refractivity contribution in [2.24, 2.45) is 0 Å². The Bertz CT molecular complexity index is 749. The van der Waals surface area contributed by atoms with Gasteiger partial charge in [0.1, 0.15) is 23.2 Å². The van der Waals surface area contributed by atoms with E-state index in [9.17, 15) is 9.59 Å². The van der Waals surface area contributed by atoms with Crippen LogP contribution in [0.3, 0.4) is 0 Å². The predicted molar refractivity (Wildman–Crippen MR) is 87.4 cm³/mol. The average molecular weight is 329 g/mol. The summed E-state index contributed by atoms with van der Waals surface area (Å²) in [6.07, 6.45) is 4.07. The van der Waals surface area contributed by atoms with Crippen molar-refractivity contribution in [3.63, 3.8) is 0 Å². The van der Waals surface area contributed by atoms with E-state index in [0.29, 0.717) is 13.1 Å². The normalized spacial score (nSPS) is 15.1. The van der Waals surface area contributed by atoms with E-state index in [0.717, 1.165) is 24.3 Å². The highest BCUT2D eigenvalue weighted by Gasteiger charge is 2.26. The lowest BCUT2D eigenvalue weighted by molar-refractivity contribution is 0.0593. The third-order valence-corrected chi connectivity index (χ3v) is 4.04. The second-order valence-corrected chi connectivity index (χ2v) is 5.58. The molecule has 7 nitrogen and oxygen atoms in total. The molecule has 3 rings (SSSR count). The Balaban J connectivity index is 1.56. The Morgan fingerprint density at radius 2 is 1.88 bits per heavy atom. The van der Waals surface area contributed by atoms with Gasteiger partial charge >= 0.3 is 0 Å². The maximum atomic E-state index is 12.4. The van der Waals surface area contributed by atoms with Gasteiger partial charge in [0.25, 0.3) is 11.5 Å². The lowest BCUT2D eigenvalue weighted by atomic mass is 10.1. The number of aromatic amines is 1. The number of methoxy groups -OCH3 is 1. The minimum absolute atomic E-state index is 0.0506. The molecule has 0 spiro atoms. The molecule has 1 aromatic carbocycles. The zero-order valence-electron chi connectivity index (χ0n) is 13.4. The van der Waals surface area contributed by atoms with Gasteiger partial charge in [-0.25, -0.2) is 4.98 Å². The molecule has 0 bridgehead atoms. The smallest absolute Gasteiger partial charge is 0.263 e. The maximum absolute atomic E-state index is 12.4. The standard InChI is InChI=1S/C17H19N3O4/c1-23-12-2-4-13(5-3-12)24-14-6-8-20(9-7-14)17(22)15-10-18-11-19-16(15)21/h2-5,10-11,14H,6-9H2,1H3,(H,18,19,21). The summed E-state index contributed by atoms with van der Waals surface area (Å²) in [5.41, 5.74) is -0.335. The van der Waals surface area contributed by atoms with Crippen molar-refractivity contribution in [1.29, 1.82) is 0 Å². The molecule has 1 saturated heterocycles. The van der Waals surface area contributed by atoms with Gasteiger partial charge in [-0.1, -0.05) is 0 Å². The number of rotatable bonds is 4. The molecule has 1 aliphatic heterocycles. The van der Waals surface area contributed by atoms with Crippen molar-refractivity contribution in [1.82, 2.24) is 14.9 Å². The molecule has 0 aliphatic carbocycles. The summed E-state index contributed by atoms with van der Waals surface area (Å²) in [7, 11) is 1.62. The summed E-state index contributed by atoms with van der Waals surface area (Å²) in [6.45, 7) is 1.10. The summed E-state index contributed by atoms with van der Waals surface area (Å²) < 4.78 is 11.1. The second-order valence-electron chi connectivity index (χ2n) is 5.58. The first-order chi connectivity index (χ1) is 11.7. The molecular weight excluding hydrogens is 310 g/mol. The number of hydrogen-bond acceptors (Lipinski definition) is 5. The monoisotopic (exact) mass is 329 g/mol. The number of amides is 1. The van der Waals surface area contributed by atoms with Crippen molar-refractivity contribution in [3.05, 3.63) is 52.7 Å². The average Bonchev–Trinajstić information content (AvgIpc) is 2.63. The van der Waals surface area contributed by atoms with Gasteiger partial charge in [-0.15, -0.1) is 0 Å². The Morgan fingerprint density at radius 3 is 2.50 bits per heavy atom. The topological polar surface area (TPSA) is 84.5 Å². The predicted octanol–water partition coefficient (Wildman–Crippen LogP) is 1.46. The van der Waals surface area contributed by atoms with E-state index in [-0.39, 0.29) is 17.6 Å². The SMILES string of the molecule is COc1ccc(OC2CCN(C(=O)c3cnc[nH]c3=O)CC2)cc1. The fraction of sp³-hybridized carbons (Fsp3) is 0.353. The Hall–Kier alpha value is -2.83. The lowest BCUT2D eigenvalue weighted by Gasteiger charge is -2.32. The molecule has 24 heavy (non-hydrogen) atoms. The van der Waals surface area contributed by atoms with E-state index >= 15 is 0 Å². The van der Waals surface area contributed by atoms with Crippen molar-refractivity contribution in [3.8, 4) is 11.5 Å². The number of hydrogen-bond donors (Lipinski definition) is 1. The molecule has 126 valence electrons. The molecule has 1 amide bonds. The highest BCUT2D eigenvalue weighted by molar-refractivity contribution is 5.93.